The van der Waals surface area contributed by atoms with Crippen molar-refractivity contribution in [2.24, 2.45) is 0 Å². The summed E-state index contributed by atoms with van der Waals surface area (Å²) < 4.78 is 6.73. The van der Waals surface area contributed by atoms with Gasteiger partial charge in [-0.25, -0.2) is 0 Å². The molecule has 1 aromatic rings. The molecule has 28 heavy (non-hydrogen) atoms. The Bertz CT molecular complexity index is 605. The highest BCUT2D eigenvalue weighted by molar-refractivity contribution is 5.77. The first-order valence-corrected chi connectivity index (χ1v) is 10.3. The van der Waals surface area contributed by atoms with Crippen LogP contribution in [-0.4, -0.2) is 61.2 Å². The van der Waals surface area contributed by atoms with Gasteiger partial charge in [-0.15, -0.1) is 0 Å². The molecule has 0 radical (unpaired) electrons. The molecule has 0 aliphatic carbocycles. The van der Waals surface area contributed by atoms with Crippen molar-refractivity contribution in [1.82, 2.24) is 4.90 Å². The zero-order valence-electron chi connectivity index (χ0n) is 19.4. The van der Waals surface area contributed by atoms with Crippen LogP contribution < -0.4 is 21.7 Å². The second-order valence-electron chi connectivity index (χ2n) is 9.19. The number of hydrogen-bond donors (Lipinski definition) is 0. The van der Waals surface area contributed by atoms with Crippen molar-refractivity contribution in [3.63, 3.8) is 0 Å². The molecule has 5 heteroatoms. The van der Waals surface area contributed by atoms with Crippen LogP contribution in [0.3, 0.4) is 0 Å². The average molecular weight is 457 g/mol. The summed E-state index contributed by atoms with van der Waals surface area (Å²) in [5.41, 5.74) is 2.48. The van der Waals surface area contributed by atoms with Gasteiger partial charge >= 0.3 is 0 Å². The number of carbonyl (C=O) groups excluding carboxylic acids is 1. The molecule has 0 bridgehead atoms. The van der Waals surface area contributed by atoms with Crippen LogP contribution in [0.25, 0.3) is 0 Å². The number of ether oxygens (including phenoxy) is 1. The molecule has 0 spiro atoms. The van der Waals surface area contributed by atoms with Crippen LogP contribution in [0.4, 0.5) is 0 Å². The van der Waals surface area contributed by atoms with Gasteiger partial charge in [-0.05, 0) is 57.7 Å². The quantitative estimate of drug-likeness (QED) is 0.395. The standard InChI is InChI=1S/C23H41N2O2.BrH/c1-17(2)21-12-11-20(7)22(15-21)27-14-10-13-25(8,9)16-23(26)24(18(3)4)19(5)6;/h11-12,15,17-19H,10,13-14,16H2,1-9H3;1H/q+1;/p-1. The van der Waals surface area contributed by atoms with E-state index in [4.69, 9.17) is 4.74 Å². The lowest BCUT2D eigenvalue weighted by molar-refractivity contribution is -0.883. The van der Waals surface area contributed by atoms with Crippen molar-refractivity contribution in [3.8, 4) is 5.75 Å². The van der Waals surface area contributed by atoms with Crippen LogP contribution >= 0.6 is 0 Å². The molecular formula is C23H41BrN2O2. The van der Waals surface area contributed by atoms with E-state index in [1.165, 1.54) is 11.1 Å². The summed E-state index contributed by atoms with van der Waals surface area (Å²) in [5, 5.41) is 0. The summed E-state index contributed by atoms with van der Waals surface area (Å²) in [6.07, 6.45) is 0.926. The minimum absolute atomic E-state index is 0. The maximum Gasteiger partial charge on any atom is 0.278 e. The lowest BCUT2D eigenvalue weighted by atomic mass is 10.0. The molecule has 1 rings (SSSR count). The Labute approximate surface area is 183 Å². The van der Waals surface area contributed by atoms with Gasteiger partial charge < -0.3 is 31.1 Å². The SMILES string of the molecule is Cc1ccc(C(C)C)cc1OCCC[N+](C)(C)CC(=O)N(C(C)C)C(C)C.[Br-]. The van der Waals surface area contributed by atoms with Gasteiger partial charge in [-0.1, -0.05) is 26.0 Å². The van der Waals surface area contributed by atoms with Gasteiger partial charge in [0, 0.05) is 18.5 Å². The van der Waals surface area contributed by atoms with Crippen LogP contribution in [0, 0.1) is 6.92 Å². The smallest absolute Gasteiger partial charge is 0.278 e. The highest BCUT2D eigenvalue weighted by Crippen LogP contribution is 2.24. The Morgan fingerprint density at radius 3 is 2.14 bits per heavy atom. The molecule has 0 unspecified atom stereocenters. The molecule has 0 aromatic heterocycles. The van der Waals surface area contributed by atoms with E-state index in [0.717, 1.165) is 18.7 Å². The van der Waals surface area contributed by atoms with Gasteiger partial charge in [-0.2, -0.15) is 0 Å². The highest BCUT2D eigenvalue weighted by atomic mass is 79.9. The normalized spacial score (nSPS) is 11.7. The topological polar surface area (TPSA) is 29.5 Å². The molecule has 0 N–H and O–H groups in total. The monoisotopic (exact) mass is 456 g/mol. The summed E-state index contributed by atoms with van der Waals surface area (Å²) in [6, 6.07) is 6.94. The number of likely N-dealkylation sites (N-methyl/N-ethyl adjacent to an activating group) is 1. The second-order valence-corrected chi connectivity index (χ2v) is 9.19. The molecule has 0 fully saturated rings. The van der Waals surface area contributed by atoms with Crippen molar-refractivity contribution in [1.29, 1.82) is 0 Å². The summed E-state index contributed by atoms with van der Waals surface area (Å²) in [4.78, 5) is 14.7. The van der Waals surface area contributed by atoms with Gasteiger partial charge in [0.25, 0.3) is 5.91 Å². The number of rotatable bonds is 10. The molecule has 4 nitrogen and oxygen atoms in total. The number of halogens is 1. The number of carbonyl (C=O) groups is 1. The molecule has 0 aliphatic rings. The summed E-state index contributed by atoms with van der Waals surface area (Å²) in [7, 11) is 4.25. The average Bonchev–Trinajstić information content (AvgIpc) is 2.51. The van der Waals surface area contributed by atoms with E-state index in [1.807, 2.05) is 4.90 Å². The summed E-state index contributed by atoms with van der Waals surface area (Å²) >= 11 is 0. The molecule has 0 atom stereocenters. The fourth-order valence-corrected chi connectivity index (χ4v) is 3.51. The van der Waals surface area contributed by atoms with Crippen LogP contribution in [0.5, 0.6) is 5.75 Å². The van der Waals surface area contributed by atoms with Gasteiger partial charge in [0.05, 0.1) is 27.2 Å². The van der Waals surface area contributed by atoms with E-state index in [1.54, 1.807) is 0 Å². The van der Waals surface area contributed by atoms with E-state index in [9.17, 15) is 4.79 Å². The van der Waals surface area contributed by atoms with Gasteiger partial charge in [0.1, 0.15) is 5.75 Å². The lowest BCUT2D eigenvalue weighted by Crippen LogP contribution is -3.00. The van der Waals surface area contributed by atoms with Gasteiger partial charge in [0.2, 0.25) is 0 Å². The van der Waals surface area contributed by atoms with Crippen LogP contribution in [0.15, 0.2) is 18.2 Å². The Hall–Kier alpha value is -1.07. The van der Waals surface area contributed by atoms with E-state index >= 15 is 0 Å². The summed E-state index contributed by atoms with van der Waals surface area (Å²) in [6.45, 7) is 16.9. The maximum atomic E-state index is 12.7. The first-order chi connectivity index (χ1) is 12.4. The maximum absolute atomic E-state index is 12.7. The van der Waals surface area contributed by atoms with Crippen LogP contribution in [0.2, 0.25) is 0 Å². The zero-order valence-corrected chi connectivity index (χ0v) is 21.0. The number of amides is 1. The van der Waals surface area contributed by atoms with E-state index < -0.39 is 0 Å². The second kappa shape index (κ2) is 11.8. The van der Waals surface area contributed by atoms with Crippen molar-refractivity contribution < 1.29 is 31.0 Å². The van der Waals surface area contributed by atoms with Crippen molar-refractivity contribution in [3.05, 3.63) is 29.3 Å². The number of quaternary nitrogens is 1. The number of hydrogen-bond acceptors (Lipinski definition) is 2. The first-order valence-electron chi connectivity index (χ1n) is 10.3. The van der Waals surface area contributed by atoms with E-state index in [-0.39, 0.29) is 35.0 Å². The zero-order chi connectivity index (χ0) is 20.8. The number of aryl methyl sites for hydroxylation is 1. The van der Waals surface area contributed by atoms with Crippen molar-refractivity contribution >= 4 is 5.91 Å². The van der Waals surface area contributed by atoms with E-state index in [2.05, 4.69) is 80.8 Å². The fourth-order valence-electron chi connectivity index (χ4n) is 3.51. The fraction of sp³-hybridized carbons (Fsp3) is 0.696. The minimum atomic E-state index is 0. The predicted molar refractivity (Wildman–Crippen MR) is 114 cm³/mol. The Morgan fingerprint density at radius 1 is 1.07 bits per heavy atom. The molecule has 162 valence electrons. The third-order valence-electron chi connectivity index (χ3n) is 5.01. The Kier molecular flexibility index (Phi) is 11.4. The molecule has 1 amide bonds. The summed E-state index contributed by atoms with van der Waals surface area (Å²) in [5.74, 6) is 1.71. The minimum Gasteiger partial charge on any atom is -1.00 e. The Balaban J connectivity index is 0.00000729. The van der Waals surface area contributed by atoms with Gasteiger partial charge in [-0.3, -0.25) is 4.79 Å². The van der Waals surface area contributed by atoms with Crippen molar-refractivity contribution in [2.75, 3.05) is 33.8 Å². The number of benzene rings is 1. The molecule has 0 heterocycles. The molecule has 1 aromatic carbocycles. The van der Waals surface area contributed by atoms with E-state index in [0.29, 0.717) is 23.6 Å². The third kappa shape index (κ3) is 8.52. The lowest BCUT2D eigenvalue weighted by Gasteiger charge is -2.35. The largest absolute Gasteiger partial charge is 1.00 e. The first kappa shape index (κ1) is 26.9. The molecule has 0 saturated carbocycles. The van der Waals surface area contributed by atoms with Gasteiger partial charge in [0.15, 0.2) is 6.54 Å². The third-order valence-corrected chi connectivity index (χ3v) is 5.01. The van der Waals surface area contributed by atoms with Crippen LogP contribution in [0.1, 0.15) is 65.0 Å². The molecule has 0 saturated heterocycles. The molecular weight excluding hydrogens is 416 g/mol. The predicted octanol–water partition coefficient (Wildman–Crippen LogP) is 1.61. The highest BCUT2D eigenvalue weighted by Gasteiger charge is 2.27. The Morgan fingerprint density at radius 2 is 1.64 bits per heavy atom. The number of nitrogens with zero attached hydrogens (tertiary/aromatic N) is 2. The van der Waals surface area contributed by atoms with Crippen molar-refractivity contribution in [2.45, 2.75) is 72.9 Å². The molecule has 0 aliphatic heterocycles. The van der Waals surface area contributed by atoms with Crippen LogP contribution in [-0.2, 0) is 4.79 Å².